The van der Waals surface area contributed by atoms with Gasteiger partial charge in [-0.3, -0.25) is 9.59 Å². The van der Waals surface area contributed by atoms with Crippen LogP contribution in [0.2, 0.25) is 0 Å². The van der Waals surface area contributed by atoms with Crippen LogP contribution in [0.1, 0.15) is 39.7 Å². The molecule has 154 valence electrons. The van der Waals surface area contributed by atoms with Crippen LogP contribution in [0.15, 0.2) is 66.0 Å². The molecule has 1 fully saturated rings. The van der Waals surface area contributed by atoms with Gasteiger partial charge >= 0.3 is 0 Å². The number of nitrogens with one attached hydrogen (secondary N) is 2. The fourth-order valence-corrected chi connectivity index (χ4v) is 4.19. The first-order valence-electron chi connectivity index (χ1n) is 9.72. The molecule has 2 atom stereocenters. The molecule has 4 rings (SSSR count). The summed E-state index contributed by atoms with van der Waals surface area (Å²) in [7, 11) is 0. The average molecular weight is 424 g/mol. The van der Waals surface area contributed by atoms with Crippen LogP contribution in [0.3, 0.4) is 0 Å². The van der Waals surface area contributed by atoms with Crippen LogP contribution in [-0.2, 0) is 9.53 Å². The number of anilines is 1. The Morgan fingerprint density at radius 3 is 2.63 bits per heavy atom. The molecule has 1 aliphatic rings. The van der Waals surface area contributed by atoms with Crippen LogP contribution in [0.4, 0.5) is 10.1 Å². The zero-order valence-electron chi connectivity index (χ0n) is 16.1. The van der Waals surface area contributed by atoms with Crippen molar-refractivity contribution < 1.29 is 18.7 Å². The predicted octanol–water partition coefficient (Wildman–Crippen LogP) is 4.52. The molecule has 2 amide bonds. The molecule has 1 aliphatic heterocycles. The van der Waals surface area contributed by atoms with Gasteiger partial charge in [-0.05, 0) is 60.2 Å². The number of amides is 2. The quantitative estimate of drug-likeness (QED) is 0.611. The minimum absolute atomic E-state index is 0.201. The van der Waals surface area contributed by atoms with Gasteiger partial charge in [0.1, 0.15) is 11.9 Å². The molecule has 1 saturated heterocycles. The van der Waals surface area contributed by atoms with Crippen LogP contribution in [0.5, 0.6) is 0 Å². The van der Waals surface area contributed by atoms with E-state index in [4.69, 9.17) is 4.74 Å². The number of hydrogen-bond acceptors (Lipinski definition) is 4. The van der Waals surface area contributed by atoms with E-state index in [1.807, 2.05) is 17.5 Å². The van der Waals surface area contributed by atoms with E-state index in [9.17, 15) is 14.0 Å². The van der Waals surface area contributed by atoms with Crippen molar-refractivity contribution in [1.82, 2.24) is 5.32 Å². The molecule has 2 aromatic carbocycles. The lowest BCUT2D eigenvalue weighted by Gasteiger charge is -2.18. The highest BCUT2D eigenvalue weighted by atomic mass is 32.1. The van der Waals surface area contributed by atoms with Gasteiger partial charge in [-0.25, -0.2) is 4.39 Å². The summed E-state index contributed by atoms with van der Waals surface area (Å²) in [4.78, 5) is 26.2. The monoisotopic (exact) mass is 424 g/mol. The smallest absolute Gasteiger partial charge is 0.253 e. The van der Waals surface area contributed by atoms with Gasteiger partial charge in [-0.15, -0.1) is 11.3 Å². The van der Waals surface area contributed by atoms with Crippen LogP contribution in [0.25, 0.3) is 0 Å². The van der Waals surface area contributed by atoms with E-state index < -0.39 is 12.1 Å². The lowest BCUT2D eigenvalue weighted by atomic mass is 10.0. The first-order valence-corrected chi connectivity index (χ1v) is 10.6. The fraction of sp³-hybridized carbons (Fsp3) is 0.217. The Morgan fingerprint density at radius 2 is 1.93 bits per heavy atom. The lowest BCUT2D eigenvalue weighted by Crippen LogP contribution is -2.29. The van der Waals surface area contributed by atoms with Gasteiger partial charge in [0.15, 0.2) is 0 Å². The van der Waals surface area contributed by atoms with Crippen molar-refractivity contribution in [3.63, 3.8) is 0 Å². The topological polar surface area (TPSA) is 67.4 Å². The van der Waals surface area contributed by atoms with Crippen molar-refractivity contribution in [2.24, 2.45) is 0 Å². The second-order valence-corrected chi connectivity index (χ2v) is 8.02. The number of carbonyl (C=O) groups is 2. The van der Waals surface area contributed by atoms with Crippen LogP contribution in [0, 0.1) is 5.82 Å². The summed E-state index contributed by atoms with van der Waals surface area (Å²) in [5.41, 5.74) is 1.75. The third kappa shape index (κ3) is 4.75. The minimum Gasteiger partial charge on any atom is -0.368 e. The largest absolute Gasteiger partial charge is 0.368 e. The van der Waals surface area contributed by atoms with Crippen molar-refractivity contribution in [2.75, 3.05) is 11.9 Å². The Kier molecular flexibility index (Phi) is 6.21. The predicted molar refractivity (Wildman–Crippen MR) is 114 cm³/mol. The summed E-state index contributed by atoms with van der Waals surface area (Å²) < 4.78 is 18.8. The second kappa shape index (κ2) is 9.19. The van der Waals surface area contributed by atoms with Crippen LogP contribution >= 0.6 is 11.3 Å². The zero-order valence-corrected chi connectivity index (χ0v) is 17.0. The van der Waals surface area contributed by atoms with Gasteiger partial charge < -0.3 is 15.4 Å². The highest BCUT2D eigenvalue weighted by Crippen LogP contribution is 2.27. The van der Waals surface area contributed by atoms with E-state index in [-0.39, 0.29) is 17.6 Å². The van der Waals surface area contributed by atoms with E-state index in [1.54, 1.807) is 36.4 Å². The molecule has 1 aromatic heterocycles. The van der Waals surface area contributed by atoms with Crippen molar-refractivity contribution in [3.8, 4) is 0 Å². The standard InChI is InChI=1S/C23H21FN2O3S/c24-17-10-8-15(9-11-17)21(20-7-3-13-30-20)26-22(27)16-4-1-5-18(14-16)25-23(28)19-6-2-12-29-19/h1,3-5,7-11,13-14,19,21H,2,6,12H2,(H,25,28)(H,26,27)/t19-,21-/m0/s1. The van der Waals surface area contributed by atoms with E-state index >= 15 is 0 Å². The fourth-order valence-electron chi connectivity index (χ4n) is 3.39. The summed E-state index contributed by atoms with van der Waals surface area (Å²) >= 11 is 1.51. The lowest BCUT2D eigenvalue weighted by molar-refractivity contribution is -0.124. The molecule has 0 aliphatic carbocycles. The minimum atomic E-state index is -0.441. The second-order valence-electron chi connectivity index (χ2n) is 7.05. The molecule has 2 N–H and O–H groups in total. The number of hydrogen-bond donors (Lipinski definition) is 2. The molecule has 5 nitrogen and oxygen atoms in total. The Morgan fingerprint density at radius 1 is 1.10 bits per heavy atom. The third-order valence-corrected chi connectivity index (χ3v) is 5.86. The van der Waals surface area contributed by atoms with E-state index in [0.717, 1.165) is 16.9 Å². The van der Waals surface area contributed by atoms with E-state index in [0.29, 0.717) is 24.3 Å². The summed E-state index contributed by atoms with van der Waals surface area (Å²) in [6, 6.07) is 16.3. The first kappa shape index (κ1) is 20.3. The number of benzene rings is 2. The Labute approximate surface area is 177 Å². The molecule has 7 heteroatoms. The molecule has 3 aromatic rings. The molecule has 0 saturated carbocycles. The molecular formula is C23H21FN2O3S. The number of rotatable bonds is 6. The maximum Gasteiger partial charge on any atom is 0.253 e. The molecule has 0 spiro atoms. The summed E-state index contributed by atoms with van der Waals surface area (Å²) in [5, 5.41) is 7.76. The summed E-state index contributed by atoms with van der Waals surface area (Å²) in [5.74, 6) is -0.816. The zero-order chi connectivity index (χ0) is 20.9. The Bertz CT molecular complexity index is 1020. The maximum atomic E-state index is 13.4. The van der Waals surface area contributed by atoms with Gasteiger partial charge in [0.2, 0.25) is 0 Å². The van der Waals surface area contributed by atoms with Crippen molar-refractivity contribution in [3.05, 3.63) is 87.9 Å². The average Bonchev–Trinajstić information content (AvgIpc) is 3.47. The van der Waals surface area contributed by atoms with Gasteiger partial charge in [-0.2, -0.15) is 0 Å². The summed E-state index contributed by atoms with van der Waals surface area (Å²) in [6.07, 6.45) is 1.13. The highest BCUT2D eigenvalue weighted by Gasteiger charge is 2.24. The maximum absolute atomic E-state index is 13.4. The van der Waals surface area contributed by atoms with Gasteiger partial charge in [0.05, 0.1) is 6.04 Å². The van der Waals surface area contributed by atoms with Crippen molar-refractivity contribution in [2.45, 2.75) is 25.0 Å². The molecule has 0 unspecified atom stereocenters. The van der Waals surface area contributed by atoms with Gasteiger partial charge in [0, 0.05) is 22.7 Å². The SMILES string of the molecule is O=C(N[C@@H](c1ccc(F)cc1)c1cccs1)c1cccc(NC(=O)[C@@H]2CCCO2)c1. The van der Waals surface area contributed by atoms with Crippen molar-refractivity contribution in [1.29, 1.82) is 0 Å². The number of thiophene rings is 1. The highest BCUT2D eigenvalue weighted by molar-refractivity contribution is 7.10. The molecule has 2 heterocycles. The number of carbonyl (C=O) groups excluding carboxylic acids is 2. The Balaban J connectivity index is 1.51. The first-order chi connectivity index (χ1) is 14.6. The molecule has 30 heavy (non-hydrogen) atoms. The van der Waals surface area contributed by atoms with Crippen LogP contribution < -0.4 is 10.6 Å². The number of halogens is 1. The third-order valence-electron chi connectivity index (χ3n) is 4.92. The summed E-state index contributed by atoms with van der Waals surface area (Å²) in [6.45, 7) is 0.591. The van der Waals surface area contributed by atoms with E-state index in [1.165, 1.54) is 23.5 Å². The molecular weight excluding hydrogens is 403 g/mol. The number of ether oxygens (including phenoxy) is 1. The van der Waals surface area contributed by atoms with E-state index in [2.05, 4.69) is 10.6 Å². The van der Waals surface area contributed by atoms with Crippen LogP contribution in [-0.4, -0.2) is 24.5 Å². The van der Waals surface area contributed by atoms with Crippen molar-refractivity contribution >= 4 is 28.8 Å². The Hall–Kier alpha value is -3.03. The normalized spacial score (nSPS) is 16.8. The van der Waals surface area contributed by atoms with Gasteiger partial charge in [-0.1, -0.05) is 24.3 Å². The van der Waals surface area contributed by atoms with Gasteiger partial charge in [0.25, 0.3) is 11.8 Å². The molecule has 0 radical (unpaired) electrons. The molecule has 0 bridgehead atoms.